The van der Waals surface area contributed by atoms with E-state index < -0.39 is 17.4 Å². The molecule has 1 fully saturated rings. The summed E-state index contributed by atoms with van der Waals surface area (Å²) in [7, 11) is 1.58. The Morgan fingerprint density at radius 2 is 1.95 bits per heavy atom. The third-order valence-electron chi connectivity index (χ3n) is 7.18. The van der Waals surface area contributed by atoms with E-state index in [2.05, 4.69) is 9.88 Å². The first-order chi connectivity index (χ1) is 17.8. The maximum Gasteiger partial charge on any atom is 0.249 e. The number of nitrogens with zero attached hydrogens (tertiary/aromatic N) is 2. The van der Waals surface area contributed by atoms with E-state index in [1.54, 1.807) is 18.9 Å². The number of aliphatic hydroxyl groups is 1. The molecule has 2 aromatic carbocycles. The largest absolute Gasteiger partial charge is 0.497 e. The maximum absolute atomic E-state index is 12.8. The number of carbonyl (C=O) groups is 1. The Balaban J connectivity index is 1.39. The Morgan fingerprint density at radius 3 is 2.62 bits per heavy atom. The molecule has 198 valence electrons. The number of fused-ring (bicyclic) bond motifs is 1. The van der Waals surface area contributed by atoms with E-state index >= 15 is 0 Å². The number of piperidine rings is 1. The lowest BCUT2D eigenvalue weighted by atomic mass is 9.73. The molecule has 0 bridgehead atoms. The number of aromatic nitrogens is 1. The van der Waals surface area contributed by atoms with Gasteiger partial charge in [-0.3, -0.25) is 15.0 Å². The zero-order valence-corrected chi connectivity index (χ0v) is 23.0. The summed E-state index contributed by atoms with van der Waals surface area (Å²) < 4.78 is 5.34. The molecule has 1 aliphatic rings. The summed E-state index contributed by atoms with van der Waals surface area (Å²) in [5, 5.41) is 22.5. The summed E-state index contributed by atoms with van der Waals surface area (Å²) >= 11 is 14.2. The summed E-state index contributed by atoms with van der Waals surface area (Å²) in [6.45, 7) is 2.37. The molecule has 37 heavy (non-hydrogen) atoms. The van der Waals surface area contributed by atoms with Gasteiger partial charge in [0.25, 0.3) is 0 Å². The van der Waals surface area contributed by atoms with Crippen LogP contribution in [0.15, 0.2) is 53.6 Å². The van der Waals surface area contributed by atoms with Gasteiger partial charge in [-0.1, -0.05) is 23.2 Å². The van der Waals surface area contributed by atoms with Gasteiger partial charge in [-0.2, -0.15) is 0 Å². The molecule has 1 aromatic heterocycles. The fraction of sp³-hybridized carbons (Fsp3) is 0.407. The quantitative estimate of drug-likeness (QED) is 0.164. The Morgan fingerprint density at radius 1 is 1.22 bits per heavy atom. The van der Waals surface area contributed by atoms with Crippen LogP contribution in [0.5, 0.6) is 5.75 Å². The number of thioether (sulfide) groups is 1. The van der Waals surface area contributed by atoms with Gasteiger partial charge in [0.05, 0.1) is 29.2 Å². The highest BCUT2D eigenvalue weighted by Crippen LogP contribution is 2.41. The van der Waals surface area contributed by atoms with Gasteiger partial charge in [-0.05, 0) is 81.2 Å². The van der Waals surface area contributed by atoms with Crippen LogP contribution in [0.2, 0.25) is 10.0 Å². The number of likely N-dealkylation sites (tertiary alicyclic amines) is 1. The SMILES string of the molecule is COc1ccc2ncc(Cl)c([C@H](O)CCC3(C(=O)NO)CCN(CCSc4ccc(Cl)cc4)CC3)c2c1. The number of methoxy groups -OCH3 is 1. The number of hydrogen-bond acceptors (Lipinski definition) is 7. The van der Waals surface area contributed by atoms with Crippen molar-refractivity contribution in [1.82, 2.24) is 15.4 Å². The van der Waals surface area contributed by atoms with Gasteiger partial charge < -0.3 is 14.7 Å². The maximum atomic E-state index is 12.8. The van der Waals surface area contributed by atoms with Crippen LogP contribution in [0.3, 0.4) is 0 Å². The van der Waals surface area contributed by atoms with Gasteiger partial charge in [0, 0.05) is 39.4 Å². The molecule has 3 N–H and O–H groups in total. The molecular formula is C27H31Cl2N3O4S. The minimum absolute atomic E-state index is 0.315. The lowest BCUT2D eigenvalue weighted by molar-refractivity contribution is -0.143. The minimum atomic E-state index is -0.901. The first-order valence-corrected chi connectivity index (χ1v) is 13.9. The molecule has 2 heterocycles. The van der Waals surface area contributed by atoms with Crippen LogP contribution in [0, 0.1) is 5.41 Å². The number of benzene rings is 2. The number of pyridine rings is 1. The number of halogens is 2. The second kappa shape index (κ2) is 12.7. The Kier molecular flexibility index (Phi) is 9.56. The molecule has 1 atom stereocenters. The molecule has 0 saturated carbocycles. The van der Waals surface area contributed by atoms with E-state index in [1.165, 1.54) is 11.1 Å². The Labute approximate surface area is 231 Å². The molecule has 1 saturated heterocycles. The predicted molar refractivity (Wildman–Crippen MR) is 148 cm³/mol. The zero-order valence-electron chi connectivity index (χ0n) is 20.6. The summed E-state index contributed by atoms with van der Waals surface area (Å²) in [5.41, 5.74) is 2.38. The fourth-order valence-electron chi connectivity index (χ4n) is 4.93. The van der Waals surface area contributed by atoms with E-state index in [9.17, 15) is 15.1 Å². The summed E-state index contributed by atoms with van der Waals surface area (Å²) in [4.78, 5) is 20.7. The van der Waals surface area contributed by atoms with Gasteiger partial charge in [0.1, 0.15) is 5.75 Å². The smallest absolute Gasteiger partial charge is 0.249 e. The average molecular weight is 565 g/mol. The van der Waals surface area contributed by atoms with Crippen molar-refractivity contribution in [1.29, 1.82) is 0 Å². The van der Waals surface area contributed by atoms with Crippen molar-refractivity contribution in [2.45, 2.75) is 36.7 Å². The van der Waals surface area contributed by atoms with Crippen molar-refractivity contribution in [3.05, 3.63) is 64.3 Å². The van der Waals surface area contributed by atoms with Crippen molar-refractivity contribution >= 4 is 51.8 Å². The van der Waals surface area contributed by atoms with Crippen molar-refractivity contribution < 1.29 is 19.8 Å². The molecule has 0 unspecified atom stereocenters. The number of carbonyl (C=O) groups excluding carboxylic acids is 1. The molecule has 4 rings (SSSR count). The molecule has 3 aromatic rings. The molecule has 1 aliphatic heterocycles. The molecule has 0 aliphatic carbocycles. The van der Waals surface area contributed by atoms with Crippen molar-refractivity contribution in [3.63, 3.8) is 0 Å². The van der Waals surface area contributed by atoms with Gasteiger partial charge in [-0.25, -0.2) is 5.48 Å². The number of nitrogens with one attached hydrogen (secondary N) is 1. The lowest BCUT2D eigenvalue weighted by Crippen LogP contribution is -2.48. The van der Waals surface area contributed by atoms with Crippen molar-refractivity contribution in [2.24, 2.45) is 5.41 Å². The third-order valence-corrected chi connectivity index (χ3v) is 8.73. The highest BCUT2D eigenvalue weighted by atomic mass is 35.5. The second-order valence-electron chi connectivity index (χ2n) is 9.32. The van der Waals surface area contributed by atoms with Crippen LogP contribution in [0.25, 0.3) is 10.9 Å². The normalized spacial score (nSPS) is 16.5. The minimum Gasteiger partial charge on any atom is -0.497 e. The molecule has 0 radical (unpaired) electrons. The fourth-order valence-corrected chi connectivity index (χ4v) is 6.24. The van der Waals surface area contributed by atoms with E-state index in [4.69, 9.17) is 27.9 Å². The molecule has 0 spiro atoms. The molecular weight excluding hydrogens is 533 g/mol. The lowest BCUT2D eigenvalue weighted by Gasteiger charge is -2.40. The third kappa shape index (κ3) is 6.69. The van der Waals surface area contributed by atoms with Crippen LogP contribution in [-0.4, -0.2) is 58.6 Å². The van der Waals surface area contributed by atoms with Crippen LogP contribution in [0.4, 0.5) is 0 Å². The number of rotatable bonds is 10. The van der Waals surface area contributed by atoms with E-state index in [0.717, 1.165) is 30.4 Å². The molecule has 10 heteroatoms. The number of hydrogen-bond donors (Lipinski definition) is 3. The van der Waals surface area contributed by atoms with Crippen LogP contribution in [-0.2, 0) is 4.79 Å². The highest BCUT2D eigenvalue weighted by molar-refractivity contribution is 7.99. The summed E-state index contributed by atoms with van der Waals surface area (Å²) in [6, 6.07) is 13.2. The van der Waals surface area contributed by atoms with Crippen LogP contribution < -0.4 is 10.2 Å². The van der Waals surface area contributed by atoms with Crippen molar-refractivity contribution in [3.8, 4) is 5.75 Å². The van der Waals surface area contributed by atoms with Gasteiger partial charge in [0.2, 0.25) is 5.91 Å². The number of ether oxygens (including phenoxy) is 1. The van der Waals surface area contributed by atoms with Gasteiger partial charge >= 0.3 is 0 Å². The van der Waals surface area contributed by atoms with E-state index in [1.807, 2.05) is 47.9 Å². The number of amides is 1. The van der Waals surface area contributed by atoms with Gasteiger partial charge in [0.15, 0.2) is 0 Å². The second-order valence-corrected chi connectivity index (χ2v) is 11.3. The zero-order chi connectivity index (χ0) is 26.4. The van der Waals surface area contributed by atoms with Gasteiger partial charge in [-0.15, -0.1) is 11.8 Å². The first kappa shape index (κ1) is 28.0. The topological polar surface area (TPSA) is 94.9 Å². The van der Waals surface area contributed by atoms with Crippen molar-refractivity contribution in [2.75, 3.05) is 32.5 Å². The molecule has 7 nitrogen and oxygen atoms in total. The standard InChI is InChI=1S/C27H31Cl2N3O4S/c1-36-19-4-7-23-21(16-19)25(22(29)17-30-23)24(33)8-9-27(26(34)31-35)10-12-32(13-11-27)14-15-37-20-5-2-18(28)3-6-20/h2-7,16-17,24,33,35H,8-15H2,1H3,(H,31,34)/t24-/m1/s1. The van der Waals surface area contributed by atoms with E-state index in [0.29, 0.717) is 52.9 Å². The molecule has 1 amide bonds. The monoisotopic (exact) mass is 563 g/mol. The predicted octanol–water partition coefficient (Wildman–Crippen LogP) is 5.74. The summed E-state index contributed by atoms with van der Waals surface area (Å²) in [6.07, 6.45) is 2.55. The summed E-state index contributed by atoms with van der Waals surface area (Å²) in [5.74, 6) is 1.17. The first-order valence-electron chi connectivity index (χ1n) is 12.2. The Bertz CT molecular complexity index is 1220. The van der Waals surface area contributed by atoms with Crippen LogP contribution in [0.1, 0.15) is 37.4 Å². The average Bonchev–Trinajstić information content (AvgIpc) is 2.92. The highest BCUT2D eigenvalue weighted by Gasteiger charge is 2.41. The number of aliphatic hydroxyl groups excluding tert-OH is 1. The number of hydroxylamine groups is 1. The van der Waals surface area contributed by atoms with Crippen LogP contribution >= 0.6 is 35.0 Å². The van der Waals surface area contributed by atoms with E-state index in [-0.39, 0.29) is 0 Å². The Hall–Kier alpha value is -2.07.